The fourth-order valence-electron chi connectivity index (χ4n) is 0.763. The maximum Gasteiger partial charge on any atom is 0.205 e. The molecule has 1 heterocycles. The Bertz CT molecular complexity index is 172. The van der Waals surface area contributed by atoms with E-state index < -0.39 is 0 Å². The third kappa shape index (κ3) is 1.83. The van der Waals surface area contributed by atoms with Crippen LogP contribution in [0.4, 0.5) is 0 Å². The normalized spacial score (nSPS) is 17.8. The van der Waals surface area contributed by atoms with Crippen LogP contribution in [-0.2, 0) is 4.74 Å². The van der Waals surface area contributed by atoms with Gasteiger partial charge in [-0.1, -0.05) is 0 Å². The van der Waals surface area contributed by atoms with Crippen LogP contribution in [-0.4, -0.2) is 31.3 Å². The summed E-state index contributed by atoms with van der Waals surface area (Å²) in [6, 6.07) is 0. The quantitative estimate of drug-likeness (QED) is 0.532. The second-order valence-electron chi connectivity index (χ2n) is 2.19. The summed E-state index contributed by atoms with van der Waals surface area (Å²) < 4.78 is 5.17. The fraction of sp³-hybridized carbons (Fsp3) is 0.714. The summed E-state index contributed by atoms with van der Waals surface area (Å²) in [4.78, 5) is 8.35. The van der Waals surface area contributed by atoms with Gasteiger partial charge in [0.25, 0.3) is 0 Å². The molecule has 0 unspecified atom stereocenters. The molecule has 0 amide bonds. The van der Waals surface area contributed by atoms with Crippen LogP contribution in [0.5, 0.6) is 0 Å². The highest BCUT2D eigenvalue weighted by atomic mass is 16.5. The Kier molecular flexibility index (Phi) is 2.42. The summed E-state index contributed by atoms with van der Waals surface area (Å²) in [6.07, 6.45) is 0. The lowest BCUT2D eigenvalue weighted by Crippen LogP contribution is -2.17. The van der Waals surface area contributed by atoms with Crippen LogP contribution in [0.3, 0.4) is 0 Å². The Morgan fingerprint density at radius 2 is 2.20 bits per heavy atom. The number of nitrogens with zero attached hydrogens (tertiary/aromatic N) is 2. The van der Waals surface area contributed by atoms with Crippen molar-refractivity contribution in [3.63, 3.8) is 0 Å². The lowest BCUT2D eigenvalue weighted by Gasteiger charge is -2.09. The highest BCUT2D eigenvalue weighted by Crippen LogP contribution is 1.93. The Balaban J connectivity index is 2.38. The summed E-state index contributed by atoms with van der Waals surface area (Å²) in [6.45, 7) is 5.95. The third-order valence-electron chi connectivity index (χ3n) is 1.28. The number of ether oxygens (including phenoxy) is 1. The molecular weight excluding hydrogens is 128 g/mol. The first-order chi connectivity index (χ1) is 4.83. The molecule has 0 fully saturated rings. The van der Waals surface area contributed by atoms with Crippen molar-refractivity contribution in [1.82, 2.24) is 0 Å². The third-order valence-corrected chi connectivity index (χ3v) is 1.28. The lowest BCUT2D eigenvalue weighted by atomic mass is 10.4. The van der Waals surface area contributed by atoms with E-state index in [1.165, 1.54) is 0 Å². The maximum atomic E-state index is 5.17. The van der Waals surface area contributed by atoms with E-state index in [-0.39, 0.29) is 0 Å². The zero-order chi connectivity index (χ0) is 7.40. The summed E-state index contributed by atoms with van der Waals surface area (Å²) >= 11 is 0. The van der Waals surface area contributed by atoms with Gasteiger partial charge in [-0.3, -0.25) is 4.99 Å². The van der Waals surface area contributed by atoms with Crippen molar-refractivity contribution in [3.05, 3.63) is 0 Å². The Morgan fingerprint density at radius 3 is 2.70 bits per heavy atom. The molecule has 0 radical (unpaired) electrons. The minimum Gasteiger partial charge on any atom is -0.480 e. The second kappa shape index (κ2) is 3.34. The molecule has 10 heavy (non-hydrogen) atoms. The van der Waals surface area contributed by atoms with E-state index in [4.69, 9.17) is 4.74 Å². The van der Waals surface area contributed by atoms with Crippen molar-refractivity contribution in [3.8, 4) is 0 Å². The number of hydrogen-bond acceptors (Lipinski definition) is 3. The van der Waals surface area contributed by atoms with E-state index in [9.17, 15) is 0 Å². The molecule has 3 nitrogen and oxygen atoms in total. The predicted molar refractivity (Wildman–Crippen MR) is 41.9 cm³/mol. The molecular formula is C7H12N2O. The summed E-state index contributed by atoms with van der Waals surface area (Å²) in [5, 5.41) is 0. The SMILES string of the molecule is CCOC1=NCC(C)=NC1. The molecule has 3 heteroatoms. The van der Waals surface area contributed by atoms with Gasteiger partial charge in [-0.25, -0.2) is 4.99 Å². The minimum atomic E-state index is 0.625. The molecule has 56 valence electrons. The van der Waals surface area contributed by atoms with Gasteiger partial charge in [0.2, 0.25) is 5.90 Å². The first-order valence-corrected chi connectivity index (χ1v) is 3.49. The van der Waals surface area contributed by atoms with Crippen LogP contribution >= 0.6 is 0 Å². The summed E-state index contributed by atoms with van der Waals surface area (Å²) in [7, 11) is 0. The van der Waals surface area contributed by atoms with Crippen molar-refractivity contribution in [1.29, 1.82) is 0 Å². The van der Waals surface area contributed by atoms with Gasteiger partial charge in [0.15, 0.2) is 0 Å². The van der Waals surface area contributed by atoms with E-state index in [1.54, 1.807) is 0 Å². The van der Waals surface area contributed by atoms with E-state index in [0.717, 1.165) is 11.6 Å². The molecule has 0 atom stereocenters. The summed E-state index contributed by atoms with van der Waals surface area (Å²) in [5.74, 6) is 0.771. The zero-order valence-electron chi connectivity index (χ0n) is 6.42. The second-order valence-corrected chi connectivity index (χ2v) is 2.19. The maximum absolute atomic E-state index is 5.17. The molecule has 0 aromatic heterocycles. The molecule has 0 saturated carbocycles. The van der Waals surface area contributed by atoms with E-state index in [1.807, 2.05) is 13.8 Å². The van der Waals surface area contributed by atoms with E-state index in [0.29, 0.717) is 19.7 Å². The van der Waals surface area contributed by atoms with Crippen LogP contribution in [0.25, 0.3) is 0 Å². The van der Waals surface area contributed by atoms with E-state index in [2.05, 4.69) is 9.98 Å². The van der Waals surface area contributed by atoms with E-state index >= 15 is 0 Å². The Labute approximate surface area is 60.8 Å². The van der Waals surface area contributed by atoms with Crippen LogP contribution < -0.4 is 0 Å². The molecule has 0 bridgehead atoms. The summed E-state index contributed by atoms with van der Waals surface area (Å²) in [5.41, 5.74) is 1.09. The van der Waals surface area contributed by atoms with Gasteiger partial charge >= 0.3 is 0 Å². The van der Waals surface area contributed by atoms with Gasteiger partial charge in [-0.05, 0) is 13.8 Å². The Hall–Kier alpha value is -0.860. The van der Waals surface area contributed by atoms with Crippen molar-refractivity contribution in [2.24, 2.45) is 9.98 Å². The van der Waals surface area contributed by atoms with Crippen molar-refractivity contribution in [2.75, 3.05) is 19.7 Å². The van der Waals surface area contributed by atoms with Gasteiger partial charge in [-0.15, -0.1) is 0 Å². The largest absolute Gasteiger partial charge is 0.480 e. The predicted octanol–water partition coefficient (Wildman–Crippen LogP) is 0.896. The van der Waals surface area contributed by atoms with Crippen LogP contribution in [0.15, 0.2) is 9.98 Å². The number of hydrogen-bond donors (Lipinski definition) is 0. The molecule has 1 aliphatic heterocycles. The van der Waals surface area contributed by atoms with Gasteiger partial charge in [0, 0.05) is 5.71 Å². The van der Waals surface area contributed by atoms with Gasteiger partial charge in [-0.2, -0.15) is 0 Å². The highest BCUT2D eigenvalue weighted by Gasteiger charge is 2.03. The first kappa shape index (κ1) is 7.25. The molecule has 0 aromatic carbocycles. The highest BCUT2D eigenvalue weighted by molar-refractivity contribution is 5.92. The first-order valence-electron chi connectivity index (χ1n) is 3.49. The molecule has 0 saturated heterocycles. The standard InChI is InChI=1S/C7H12N2O/c1-3-10-7-5-8-6(2)4-9-7/h3-5H2,1-2H3. The van der Waals surface area contributed by atoms with Crippen LogP contribution in [0.1, 0.15) is 13.8 Å². The van der Waals surface area contributed by atoms with Gasteiger partial charge in [0.05, 0.1) is 13.2 Å². The molecule has 0 aliphatic carbocycles. The number of aliphatic imine (C=N–C) groups is 2. The molecule has 1 rings (SSSR count). The molecule has 0 aromatic rings. The monoisotopic (exact) mass is 140 g/mol. The topological polar surface area (TPSA) is 34.0 Å². The fourth-order valence-corrected chi connectivity index (χ4v) is 0.763. The van der Waals surface area contributed by atoms with Crippen molar-refractivity contribution in [2.45, 2.75) is 13.8 Å². The number of rotatable bonds is 1. The molecule has 1 aliphatic rings. The smallest absolute Gasteiger partial charge is 0.205 e. The van der Waals surface area contributed by atoms with Gasteiger partial charge < -0.3 is 4.74 Å². The van der Waals surface area contributed by atoms with Crippen LogP contribution in [0.2, 0.25) is 0 Å². The Morgan fingerprint density at radius 1 is 1.40 bits per heavy atom. The minimum absolute atomic E-state index is 0.625. The molecule has 0 N–H and O–H groups in total. The average Bonchev–Trinajstić information content (AvgIpc) is 1.95. The van der Waals surface area contributed by atoms with Crippen molar-refractivity contribution < 1.29 is 4.74 Å². The zero-order valence-corrected chi connectivity index (χ0v) is 6.42. The average molecular weight is 140 g/mol. The van der Waals surface area contributed by atoms with Gasteiger partial charge in [0.1, 0.15) is 6.54 Å². The van der Waals surface area contributed by atoms with Crippen LogP contribution in [0, 0.1) is 0 Å². The molecule has 0 spiro atoms. The van der Waals surface area contributed by atoms with Crippen molar-refractivity contribution >= 4 is 11.6 Å². The lowest BCUT2D eigenvalue weighted by molar-refractivity contribution is 0.320.